The summed E-state index contributed by atoms with van der Waals surface area (Å²) in [6.45, 7) is 8.28. The topological polar surface area (TPSA) is 87.1 Å². The highest BCUT2D eigenvalue weighted by Gasteiger charge is 2.13. The van der Waals surface area contributed by atoms with E-state index in [4.69, 9.17) is 13.6 Å². The number of aryl methyl sites for hydroxylation is 4. The van der Waals surface area contributed by atoms with Gasteiger partial charge < -0.3 is 13.6 Å². The van der Waals surface area contributed by atoms with Gasteiger partial charge in [0, 0.05) is 22.3 Å². The Morgan fingerprint density at radius 3 is 1.10 bits per heavy atom. The lowest BCUT2D eigenvalue weighted by Crippen LogP contribution is -1.85. The van der Waals surface area contributed by atoms with Crippen LogP contribution in [0.25, 0.3) is 45.8 Å². The lowest BCUT2D eigenvalue weighted by atomic mass is 10.1. The van der Waals surface area contributed by atoms with Gasteiger partial charge in [0.2, 0.25) is 23.6 Å². The molecule has 39 heavy (non-hydrogen) atoms. The molecule has 0 amide bonds. The Morgan fingerprint density at radius 1 is 0.410 bits per heavy atom. The Hall–Kier alpha value is -5.04. The minimum Gasteiger partial charge on any atom is -0.457 e. The van der Waals surface area contributed by atoms with Crippen molar-refractivity contribution < 1.29 is 13.6 Å². The van der Waals surface area contributed by atoms with Gasteiger partial charge in [-0.2, -0.15) is 0 Å². The van der Waals surface area contributed by atoms with Gasteiger partial charge in [-0.25, -0.2) is 0 Å². The van der Waals surface area contributed by atoms with E-state index in [0.29, 0.717) is 35.1 Å². The van der Waals surface area contributed by atoms with Crippen LogP contribution in [0.1, 0.15) is 22.3 Å². The number of benzene rings is 4. The predicted molar refractivity (Wildman–Crippen MR) is 149 cm³/mol. The van der Waals surface area contributed by atoms with Gasteiger partial charge in [-0.05, 0) is 123 Å². The van der Waals surface area contributed by atoms with E-state index in [1.54, 1.807) is 0 Å². The highest BCUT2D eigenvalue weighted by molar-refractivity contribution is 5.61. The van der Waals surface area contributed by atoms with Crippen molar-refractivity contribution in [2.75, 3.05) is 0 Å². The average molecular weight is 515 g/mol. The van der Waals surface area contributed by atoms with Gasteiger partial charge in [0.1, 0.15) is 11.5 Å². The van der Waals surface area contributed by atoms with E-state index in [-0.39, 0.29) is 0 Å². The predicted octanol–water partition coefficient (Wildman–Crippen LogP) is 8.15. The molecule has 0 spiro atoms. The molecule has 4 aromatic carbocycles. The first-order valence-corrected chi connectivity index (χ1v) is 12.6. The molecule has 7 nitrogen and oxygen atoms in total. The first-order chi connectivity index (χ1) is 18.9. The molecule has 0 saturated heterocycles. The zero-order valence-electron chi connectivity index (χ0n) is 22.1. The number of nitrogens with zero attached hydrogens (tertiary/aromatic N) is 4. The van der Waals surface area contributed by atoms with E-state index in [2.05, 4.69) is 72.4 Å². The van der Waals surface area contributed by atoms with Crippen LogP contribution < -0.4 is 4.74 Å². The third-order valence-corrected chi connectivity index (χ3v) is 6.80. The largest absolute Gasteiger partial charge is 0.457 e. The monoisotopic (exact) mass is 514 g/mol. The SMILES string of the molecule is Cc1ccc(-c2nnc(-c3ccc(Oc4ccc(-c5nnc(-c6ccc(C)c(C)c6)o5)cc4)cc3)o2)cc1C. The summed E-state index contributed by atoms with van der Waals surface area (Å²) in [4.78, 5) is 0. The van der Waals surface area contributed by atoms with Crippen LogP contribution in [0.15, 0.2) is 93.8 Å². The van der Waals surface area contributed by atoms with E-state index < -0.39 is 0 Å². The molecule has 0 fully saturated rings. The maximum atomic E-state index is 6.02. The molecule has 6 aromatic rings. The second-order valence-corrected chi connectivity index (χ2v) is 9.57. The fraction of sp³-hybridized carbons (Fsp3) is 0.125. The summed E-state index contributed by atoms with van der Waals surface area (Å²) in [5, 5.41) is 16.9. The second kappa shape index (κ2) is 10.0. The van der Waals surface area contributed by atoms with Gasteiger partial charge >= 0.3 is 0 Å². The molecule has 6 rings (SSSR count). The minimum absolute atomic E-state index is 0.457. The van der Waals surface area contributed by atoms with Crippen molar-refractivity contribution >= 4 is 0 Å². The molecule has 0 bridgehead atoms. The van der Waals surface area contributed by atoms with E-state index in [0.717, 1.165) is 22.3 Å². The summed E-state index contributed by atoms with van der Waals surface area (Å²) in [6.07, 6.45) is 0. The number of rotatable bonds is 6. The Labute approximate surface area is 226 Å². The maximum absolute atomic E-state index is 6.02. The minimum atomic E-state index is 0.457. The molecule has 2 heterocycles. The Balaban J connectivity index is 1.13. The Kier molecular flexibility index (Phi) is 6.25. The Morgan fingerprint density at radius 2 is 0.744 bits per heavy atom. The van der Waals surface area contributed by atoms with Crippen molar-refractivity contribution in [1.82, 2.24) is 20.4 Å². The molecule has 0 aliphatic rings. The van der Waals surface area contributed by atoms with E-state index in [9.17, 15) is 0 Å². The molecule has 0 aliphatic heterocycles. The second-order valence-electron chi connectivity index (χ2n) is 9.57. The van der Waals surface area contributed by atoms with E-state index in [1.165, 1.54) is 22.3 Å². The van der Waals surface area contributed by atoms with Crippen LogP contribution in [-0.4, -0.2) is 20.4 Å². The van der Waals surface area contributed by atoms with Gasteiger partial charge in [-0.15, -0.1) is 20.4 Å². The van der Waals surface area contributed by atoms with Gasteiger partial charge in [0.05, 0.1) is 0 Å². The van der Waals surface area contributed by atoms with E-state index >= 15 is 0 Å². The molecule has 0 aliphatic carbocycles. The third kappa shape index (κ3) is 5.07. The van der Waals surface area contributed by atoms with Crippen molar-refractivity contribution in [3.8, 4) is 57.3 Å². The lowest BCUT2D eigenvalue weighted by Gasteiger charge is -2.06. The molecule has 192 valence electrons. The molecule has 0 radical (unpaired) electrons. The first-order valence-electron chi connectivity index (χ1n) is 12.6. The quantitative estimate of drug-likeness (QED) is 0.222. The average Bonchev–Trinajstić information content (AvgIpc) is 3.64. The summed E-state index contributed by atoms with van der Waals surface area (Å²) in [5.74, 6) is 3.29. The zero-order chi connectivity index (χ0) is 26.9. The number of hydrogen-bond acceptors (Lipinski definition) is 7. The standard InChI is InChI=1S/C32H26N4O3/c1-19-5-7-25(17-21(19)3)31-35-33-29(38-31)23-9-13-27(14-10-23)37-28-15-11-24(12-16-28)30-34-36-32(39-30)26-8-6-20(2)22(4)18-26/h5-18H,1-4H3. The normalized spacial score (nSPS) is 11.1. The van der Waals surface area contributed by atoms with Gasteiger partial charge in [-0.1, -0.05) is 12.1 Å². The maximum Gasteiger partial charge on any atom is 0.248 e. The van der Waals surface area contributed by atoms with Crippen LogP contribution in [0, 0.1) is 27.7 Å². The molecule has 0 atom stereocenters. The summed E-state index contributed by atoms with van der Waals surface area (Å²) in [6, 6.07) is 27.3. The molecule has 7 heteroatoms. The van der Waals surface area contributed by atoms with Crippen molar-refractivity contribution in [3.05, 3.63) is 107 Å². The number of hydrogen-bond donors (Lipinski definition) is 0. The van der Waals surface area contributed by atoms with Crippen molar-refractivity contribution in [1.29, 1.82) is 0 Å². The summed E-state index contributed by atoms with van der Waals surface area (Å²) in [5.41, 5.74) is 8.25. The smallest absolute Gasteiger partial charge is 0.248 e. The van der Waals surface area contributed by atoms with Gasteiger partial charge in [0.25, 0.3) is 0 Å². The fourth-order valence-electron chi connectivity index (χ4n) is 4.13. The third-order valence-electron chi connectivity index (χ3n) is 6.80. The molecule has 0 unspecified atom stereocenters. The zero-order valence-corrected chi connectivity index (χ0v) is 22.1. The molecule has 0 N–H and O–H groups in total. The number of ether oxygens (including phenoxy) is 1. The lowest BCUT2D eigenvalue weighted by molar-refractivity contribution is 0.482. The number of aromatic nitrogens is 4. The van der Waals surface area contributed by atoms with Crippen LogP contribution in [0.2, 0.25) is 0 Å². The summed E-state index contributed by atoms with van der Waals surface area (Å²) in [7, 11) is 0. The summed E-state index contributed by atoms with van der Waals surface area (Å²) >= 11 is 0. The van der Waals surface area contributed by atoms with Crippen LogP contribution in [-0.2, 0) is 0 Å². The van der Waals surface area contributed by atoms with Gasteiger partial charge in [0.15, 0.2) is 0 Å². The van der Waals surface area contributed by atoms with Crippen LogP contribution in [0.4, 0.5) is 0 Å². The van der Waals surface area contributed by atoms with Crippen LogP contribution in [0.3, 0.4) is 0 Å². The van der Waals surface area contributed by atoms with Gasteiger partial charge in [-0.3, -0.25) is 0 Å². The highest BCUT2D eigenvalue weighted by atomic mass is 16.5. The molecular weight excluding hydrogens is 488 g/mol. The van der Waals surface area contributed by atoms with Crippen molar-refractivity contribution in [2.24, 2.45) is 0 Å². The Bertz CT molecular complexity index is 1640. The summed E-state index contributed by atoms with van der Waals surface area (Å²) < 4.78 is 17.9. The van der Waals surface area contributed by atoms with Crippen LogP contribution >= 0.6 is 0 Å². The highest BCUT2D eigenvalue weighted by Crippen LogP contribution is 2.30. The van der Waals surface area contributed by atoms with E-state index in [1.807, 2.05) is 60.7 Å². The first kappa shape index (κ1) is 24.3. The van der Waals surface area contributed by atoms with Crippen molar-refractivity contribution in [3.63, 3.8) is 0 Å². The molecule has 2 aromatic heterocycles. The molecular formula is C32H26N4O3. The van der Waals surface area contributed by atoms with Crippen LogP contribution in [0.5, 0.6) is 11.5 Å². The fourth-order valence-corrected chi connectivity index (χ4v) is 4.13. The van der Waals surface area contributed by atoms with Crippen molar-refractivity contribution in [2.45, 2.75) is 27.7 Å². The molecule has 0 saturated carbocycles.